The molecule has 1 nitrogen and oxygen atoms in total. The third-order valence-electron chi connectivity index (χ3n) is 3.24. The third kappa shape index (κ3) is 3.44. The van der Waals surface area contributed by atoms with Gasteiger partial charge in [0.05, 0.1) is 6.10 Å². The maximum absolute atomic E-state index is 5.57. The molecule has 1 saturated heterocycles. The Morgan fingerprint density at radius 3 is 2.41 bits per heavy atom. The lowest BCUT2D eigenvalue weighted by molar-refractivity contribution is 0.146. The normalized spacial score (nSPS) is 21.2. The van der Waals surface area contributed by atoms with E-state index in [0.29, 0.717) is 6.10 Å². The first-order chi connectivity index (χ1) is 8.05. The molecule has 0 N–H and O–H groups in total. The second-order valence-corrected chi connectivity index (χ2v) is 5.78. The Hall–Kier alpha value is -1.08. The summed E-state index contributed by atoms with van der Waals surface area (Å²) in [4.78, 5) is 0. The number of hydrogen-bond acceptors (Lipinski definition) is 1. The molecule has 0 saturated carbocycles. The summed E-state index contributed by atoms with van der Waals surface area (Å²) in [6, 6.07) is 8.81. The predicted octanol–water partition coefficient (Wildman–Crippen LogP) is 4.18. The van der Waals surface area contributed by atoms with E-state index in [0.717, 1.165) is 13.0 Å². The standard InChI is InChI=1S/C16H22O/c1-16(2,3)14-9-6-13(7-10-14)8-11-15-5-4-12-17-15/h6-11,15H,4-5,12H2,1-3H3. The van der Waals surface area contributed by atoms with Crippen LogP contribution in [0, 0.1) is 0 Å². The molecule has 1 aliphatic rings. The van der Waals surface area contributed by atoms with E-state index in [2.05, 4.69) is 57.2 Å². The molecule has 0 aliphatic carbocycles. The number of hydrogen-bond donors (Lipinski definition) is 0. The second kappa shape index (κ2) is 5.05. The minimum absolute atomic E-state index is 0.233. The third-order valence-corrected chi connectivity index (χ3v) is 3.24. The molecule has 1 aromatic rings. The number of benzene rings is 1. The van der Waals surface area contributed by atoms with Gasteiger partial charge in [0, 0.05) is 6.61 Å². The Bertz CT molecular complexity index is 375. The lowest BCUT2D eigenvalue weighted by Gasteiger charge is -2.18. The van der Waals surface area contributed by atoms with E-state index >= 15 is 0 Å². The van der Waals surface area contributed by atoms with Gasteiger partial charge in [0.1, 0.15) is 0 Å². The van der Waals surface area contributed by atoms with E-state index in [1.165, 1.54) is 17.5 Å². The number of rotatable bonds is 2. The summed E-state index contributed by atoms with van der Waals surface area (Å²) in [7, 11) is 0. The fourth-order valence-electron chi connectivity index (χ4n) is 2.07. The molecule has 17 heavy (non-hydrogen) atoms. The van der Waals surface area contributed by atoms with Crippen molar-refractivity contribution >= 4 is 6.08 Å². The van der Waals surface area contributed by atoms with Crippen LogP contribution >= 0.6 is 0 Å². The molecule has 0 spiro atoms. The van der Waals surface area contributed by atoms with Gasteiger partial charge < -0.3 is 4.74 Å². The fourth-order valence-corrected chi connectivity index (χ4v) is 2.07. The summed E-state index contributed by atoms with van der Waals surface area (Å²) in [6.45, 7) is 7.64. The van der Waals surface area contributed by atoms with E-state index in [4.69, 9.17) is 4.74 Å². The van der Waals surface area contributed by atoms with Crippen LogP contribution in [0.5, 0.6) is 0 Å². The van der Waals surface area contributed by atoms with E-state index in [1.54, 1.807) is 0 Å². The van der Waals surface area contributed by atoms with Crippen molar-refractivity contribution < 1.29 is 4.74 Å². The van der Waals surface area contributed by atoms with Gasteiger partial charge >= 0.3 is 0 Å². The van der Waals surface area contributed by atoms with Crippen molar-refractivity contribution in [3.63, 3.8) is 0 Å². The molecule has 0 bridgehead atoms. The average molecular weight is 230 g/mol. The van der Waals surface area contributed by atoms with Crippen LogP contribution in [-0.4, -0.2) is 12.7 Å². The van der Waals surface area contributed by atoms with Gasteiger partial charge in [-0.25, -0.2) is 0 Å². The summed E-state index contributed by atoms with van der Waals surface area (Å²) < 4.78 is 5.57. The van der Waals surface area contributed by atoms with Gasteiger partial charge in [0.2, 0.25) is 0 Å². The minimum Gasteiger partial charge on any atom is -0.374 e. The molecule has 92 valence electrons. The lowest BCUT2D eigenvalue weighted by Crippen LogP contribution is -2.10. The predicted molar refractivity (Wildman–Crippen MR) is 73.2 cm³/mol. The smallest absolute Gasteiger partial charge is 0.0759 e. The van der Waals surface area contributed by atoms with Crippen molar-refractivity contribution in [1.29, 1.82) is 0 Å². The molecule has 1 atom stereocenters. The van der Waals surface area contributed by atoms with Crippen LogP contribution in [0.25, 0.3) is 6.08 Å². The van der Waals surface area contributed by atoms with Crippen LogP contribution in [0.4, 0.5) is 0 Å². The highest BCUT2D eigenvalue weighted by Crippen LogP contribution is 2.22. The van der Waals surface area contributed by atoms with Crippen LogP contribution in [0.2, 0.25) is 0 Å². The maximum atomic E-state index is 5.57. The molecule has 2 rings (SSSR count). The minimum atomic E-state index is 0.233. The molecule has 1 fully saturated rings. The van der Waals surface area contributed by atoms with Gasteiger partial charge in [-0.15, -0.1) is 0 Å². The van der Waals surface area contributed by atoms with Crippen molar-refractivity contribution in [3.05, 3.63) is 41.5 Å². The zero-order valence-electron chi connectivity index (χ0n) is 11.1. The Balaban J connectivity index is 2.02. The van der Waals surface area contributed by atoms with Crippen molar-refractivity contribution in [2.45, 2.75) is 45.1 Å². The van der Waals surface area contributed by atoms with E-state index in [1.807, 2.05) is 0 Å². The zero-order chi connectivity index (χ0) is 12.3. The molecule has 0 radical (unpaired) electrons. The van der Waals surface area contributed by atoms with E-state index in [9.17, 15) is 0 Å². The highest BCUT2D eigenvalue weighted by molar-refractivity contribution is 5.50. The molecule has 0 amide bonds. The monoisotopic (exact) mass is 230 g/mol. The van der Waals surface area contributed by atoms with Crippen LogP contribution in [0.1, 0.15) is 44.7 Å². The van der Waals surface area contributed by atoms with Crippen LogP contribution in [-0.2, 0) is 10.2 Å². The van der Waals surface area contributed by atoms with E-state index < -0.39 is 0 Å². The molecule has 1 aliphatic heterocycles. The summed E-state index contributed by atoms with van der Waals surface area (Å²) in [6.07, 6.45) is 7.04. The first kappa shape index (κ1) is 12.4. The van der Waals surface area contributed by atoms with Gasteiger partial charge in [-0.2, -0.15) is 0 Å². The topological polar surface area (TPSA) is 9.23 Å². The van der Waals surface area contributed by atoms with Gasteiger partial charge in [-0.05, 0) is 29.4 Å². The second-order valence-electron chi connectivity index (χ2n) is 5.78. The quantitative estimate of drug-likeness (QED) is 0.740. The van der Waals surface area contributed by atoms with Crippen molar-refractivity contribution in [2.24, 2.45) is 0 Å². The van der Waals surface area contributed by atoms with Gasteiger partial charge in [-0.3, -0.25) is 0 Å². The number of ether oxygens (including phenoxy) is 1. The Morgan fingerprint density at radius 1 is 1.18 bits per heavy atom. The molecule has 0 aromatic heterocycles. The average Bonchev–Trinajstić information content (AvgIpc) is 2.78. The van der Waals surface area contributed by atoms with Gasteiger partial charge in [-0.1, -0.05) is 57.2 Å². The summed E-state index contributed by atoms with van der Waals surface area (Å²) in [5.41, 5.74) is 2.87. The first-order valence-corrected chi connectivity index (χ1v) is 6.46. The largest absolute Gasteiger partial charge is 0.374 e. The van der Waals surface area contributed by atoms with Crippen LogP contribution < -0.4 is 0 Å². The van der Waals surface area contributed by atoms with Crippen molar-refractivity contribution in [2.75, 3.05) is 6.61 Å². The molecule has 1 aromatic carbocycles. The Morgan fingerprint density at radius 2 is 1.88 bits per heavy atom. The van der Waals surface area contributed by atoms with Crippen molar-refractivity contribution in [3.8, 4) is 0 Å². The zero-order valence-corrected chi connectivity index (χ0v) is 11.1. The summed E-state index contributed by atoms with van der Waals surface area (Å²) in [5.74, 6) is 0. The van der Waals surface area contributed by atoms with E-state index in [-0.39, 0.29) is 5.41 Å². The fraction of sp³-hybridized carbons (Fsp3) is 0.500. The summed E-state index contributed by atoms with van der Waals surface area (Å²) in [5, 5.41) is 0. The van der Waals surface area contributed by atoms with Gasteiger partial charge in [0.25, 0.3) is 0 Å². The van der Waals surface area contributed by atoms with Crippen LogP contribution in [0.15, 0.2) is 30.3 Å². The first-order valence-electron chi connectivity index (χ1n) is 6.46. The highest BCUT2D eigenvalue weighted by Gasteiger charge is 2.13. The molecule has 1 unspecified atom stereocenters. The SMILES string of the molecule is CC(C)(C)c1ccc(C=CC2CCCO2)cc1. The molecule has 1 heteroatoms. The van der Waals surface area contributed by atoms with Crippen LogP contribution in [0.3, 0.4) is 0 Å². The molecular weight excluding hydrogens is 208 g/mol. The van der Waals surface area contributed by atoms with Crippen molar-refractivity contribution in [1.82, 2.24) is 0 Å². The lowest BCUT2D eigenvalue weighted by atomic mass is 9.87. The highest BCUT2D eigenvalue weighted by atomic mass is 16.5. The Kier molecular flexibility index (Phi) is 3.68. The molecule has 1 heterocycles. The molecular formula is C16H22O. The Labute approximate surface area is 104 Å². The summed E-state index contributed by atoms with van der Waals surface area (Å²) >= 11 is 0. The maximum Gasteiger partial charge on any atom is 0.0759 e. The van der Waals surface area contributed by atoms with Gasteiger partial charge in [0.15, 0.2) is 0 Å².